The Morgan fingerprint density at radius 2 is 1.95 bits per heavy atom. The van der Waals surface area contributed by atoms with Gasteiger partial charge in [0.05, 0.1) is 0 Å². The van der Waals surface area contributed by atoms with E-state index in [9.17, 15) is 21.6 Å². The lowest BCUT2D eigenvalue weighted by Gasteiger charge is -2.31. The zero-order valence-electron chi connectivity index (χ0n) is 12.0. The summed E-state index contributed by atoms with van der Waals surface area (Å²) in [7, 11) is -5.20. The Kier molecular flexibility index (Phi) is 4.90. The van der Waals surface area contributed by atoms with E-state index < -0.39 is 15.5 Å². The fourth-order valence-electron chi connectivity index (χ4n) is 2.30. The van der Waals surface area contributed by atoms with Gasteiger partial charge >= 0.3 is 15.5 Å². The minimum atomic E-state index is -5.23. The summed E-state index contributed by atoms with van der Waals surface area (Å²) < 4.78 is 60.5. The molecule has 0 spiro atoms. The molecule has 0 bridgehead atoms. The Morgan fingerprint density at radius 3 is 2.50 bits per heavy atom. The van der Waals surface area contributed by atoms with Crippen molar-refractivity contribution in [3.63, 3.8) is 0 Å². The number of hydrogen-bond donors (Lipinski definition) is 1. The molecule has 0 saturated carbocycles. The van der Waals surface area contributed by atoms with Crippen LogP contribution in [0.5, 0.6) is 0 Å². The third-order valence-corrected chi connectivity index (χ3v) is 5.21. The van der Waals surface area contributed by atoms with Crippen LogP contribution in [0.1, 0.15) is 18.5 Å². The number of aryl methyl sites for hydroxylation is 1. The van der Waals surface area contributed by atoms with Crippen molar-refractivity contribution in [1.29, 1.82) is 0 Å². The van der Waals surface area contributed by atoms with Crippen LogP contribution in [0, 0.1) is 12.8 Å². The standard InChI is InChI=1S/C12H17F3N4O2S/c1-9-6-11(18-8-17-9)16-7-10-2-4-19(5-3-10)22(20,21)12(13,14)15/h6,8,10H,2-5,7H2,1H3,(H,16,17,18). The Bertz CT molecular complexity index is 613. The van der Waals surface area contributed by atoms with Crippen molar-refractivity contribution in [2.45, 2.75) is 25.3 Å². The van der Waals surface area contributed by atoms with Crippen LogP contribution >= 0.6 is 0 Å². The molecule has 2 heterocycles. The number of nitrogens with zero attached hydrogens (tertiary/aromatic N) is 3. The van der Waals surface area contributed by atoms with Gasteiger partial charge in [-0.2, -0.15) is 17.5 Å². The maximum Gasteiger partial charge on any atom is 0.511 e. The molecule has 2 rings (SSSR count). The molecule has 1 fully saturated rings. The summed E-state index contributed by atoms with van der Waals surface area (Å²) in [5.41, 5.74) is -4.42. The first-order valence-corrected chi connectivity index (χ1v) is 8.23. The average molecular weight is 338 g/mol. The molecule has 0 atom stereocenters. The molecule has 0 radical (unpaired) electrons. The second kappa shape index (κ2) is 6.37. The summed E-state index contributed by atoms with van der Waals surface area (Å²) >= 11 is 0. The molecule has 0 aromatic carbocycles. The molecule has 1 aromatic rings. The average Bonchev–Trinajstić information content (AvgIpc) is 2.44. The van der Waals surface area contributed by atoms with Gasteiger partial charge in [0.15, 0.2) is 0 Å². The normalized spacial score (nSPS) is 18.4. The number of alkyl halides is 3. The number of hydrogen-bond acceptors (Lipinski definition) is 5. The Balaban J connectivity index is 1.85. The fourth-order valence-corrected chi connectivity index (χ4v) is 3.28. The highest BCUT2D eigenvalue weighted by atomic mass is 32.2. The highest BCUT2D eigenvalue weighted by Gasteiger charge is 2.50. The number of nitrogens with one attached hydrogen (secondary N) is 1. The first kappa shape index (κ1) is 16.9. The van der Waals surface area contributed by atoms with E-state index in [1.54, 1.807) is 6.07 Å². The van der Waals surface area contributed by atoms with Crippen molar-refractivity contribution < 1.29 is 21.6 Å². The van der Waals surface area contributed by atoms with Crippen LogP contribution in [0.4, 0.5) is 19.0 Å². The third-order valence-electron chi connectivity index (χ3n) is 3.58. The summed E-state index contributed by atoms with van der Waals surface area (Å²) in [4.78, 5) is 8.00. The van der Waals surface area contributed by atoms with E-state index in [0.717, 1.165) is 5.69 Å². The van der Waals surface area contributed by atoms with Crippen LogP contribution in [0.2, 0.25) is 0 Å². The molecule has 0 aliphatic carbocycles. The topological polar surface area (TPSA) is 75.2 Å². The summed E-state index contributed by atoms with van der Waals surface area (Å²) in [6.45, 7) is 2.14. The van der Waals surface area contributed by atoms with Gasteiger partial charge in [-0.25, -0.2) is 18.4 Å². The molecule has 1 aliphatic rings. The van der Waals surface area contributed by atoms with E-state index in [1.165, 1.54) is 6.33 Å². The Labute approximate surface area is 126 Å². The summed E-state index contributed by atoms with van der Waals surface area (Å²) in [5, 5.41) is 3.10. The molecule has 1 aromatic heterocycles. The van der Waals surface area contributed by atoms with Crippen LogP contribution < -0.4 is 5.32 Å². The molecule has 1 aliphatic heterocycles. The number of anilines is 1. The maximum atomic E-state index is 12.5. The molecule has 124 valence electrons. The van der Waals surface area contributed by atoms with Gasteiger partial charge in [0.25, 0.3) is 0 Å². The molecule has 1 saturated heterocycles. The van der Waals surface area contributed by atoms with Crippen molar-refractivity contribution in [1.82, 2.24) is 14.3 Å². The number of rotatable bonds is 4. The lowest BCUT2D eigenvalue weighted by molar-refractivity contribution is -0.0496. The predicted octanol–water partition coefficient (Wildman–Crippen LogP) is 1.76. The monoisotopic (exact) mass is 338 g/mol. The van der Waals surface area contributed by atoms with Crippen molar-refractivity contribution in [3.05, 3.63) is 18.1 Å². The van der Waals surface area contributed by atoms with Crippen LogP contribution in [-0.2, 0) is 10.0 Å². The SMILES string of the molecule is Cc1cc(NCC2CCN(S(=O)(=O)C(F)(F)F)CC2)ncn1. The van der Waals surface area contributed by atoms with E-state index in [4.69, 9.17) is 0 Å². The van der Waals surface area contributed by atoms with Gasteiger partial charge in [-0.1, -0.05) is 0 Å². The lowest BCUT2D eigenvalue weighted by Crippen LogP contribution is -2.45. The van der Waals surface area contributed by atoms with E-state index in [-0.39, 0.29) is 19.0 Å². The van der Waals surface area contributed by atoms with Gasteiger partial charge in [-0.05, 0) is 25.7 Å². The number of aromatic nitrogens is 2. The number of piperidine rings is 1. The molecule has 1 N–H and O–H groups in total. The van der Waals surface area contributed by atoms with Crippen LogP contribution in [0.15, 0.2) is 12.4 Å². The highest BCUT2D eigenvalue weighted by molar-refractivity contribution is 7.90. The quantitative estimate of drug-likeness (QED) is 0.905. The zero-order valence-corrected chi connectivity index (χ0v) is 12.8. The highest BCUT2D eigenvalue weighted by Crippen LogP contribution is 2.30. The van der Waals surface area contributed by atoms with Gasteiger partial charge in [-0.15, -0.1) is 0 Å². The van der Waals surface area contributed by atoms with Crippen molar-refractivity contribution in [3.8, 4) is 0 Å². The van der Waals surface area contributed by atoms with Crippen LogP contribution in [0.3, 0.4) is 0 Å². The molecule has 0 amide bonds. The zero-order chi connectivity index (χ0) is 16.4. The van der Waals surface area contributed by atoms with Gasteiger partial charge < -0.3 is 5.32 Å². The second-order valence-electron chi connectivity index (χ2n) is 5.22. The second-order valence-corrected chi connectivity index (χ2v) is 7.15. The predicted molar refractivity (Wildman–Crippen MR) is 74.5 cm³/mol. The third kappa shape index (κ3) is 3.86. The molecular formula is C12H17F3N4O2S. The first-order chi connectivity index (χ1) is 10.2. The molecule has 6 nitrogen and oxygen atoms in total. The van der Waals surface area contributed by atoms with Gasteiger partial charge in [0.1, 0.15) is 12.1 Å². The maximum absolute atomic E-state index is 12.5. The Hall–Kier alpha value is -1.42. The smallest absolute Gasteiger partial charge is 0.370 e. The van der Waals surface area contributed by atoms with E-state index >= 15 is 0 Å². The van der Waals surface area contributed by atoms with Crippen molar-refractivity contribution >= 4 is 15.8 Å². The van der Waals surface area contributed by atoms with Gasteiger partial charge in [-0.3, -0.25) is 0 Å². The molecular weight excluding hydrogens is 321 g/mol. The van der Waals surface area contributed by atoms with Crippen LogP contribution in [0.25, 0.3) is 0 Å². The largest absolute Gasteiger partial charge is 0.511 e. The number of halogens is 3. The minimum Gasteiger partial charge on any atom is -0.370 e. The molecule has 0 unspecified atom stereocenters. The summed E-state index contributed by atoms with van der Waals surface area (Å²) in [6.07, 6.45) is 2.19. The van der Waals surface area contributed by atoms with E-state index in [2.05, 4.69) is 15.3 Å². The van der Waals surface area contributed by atoms with Crippen molar-refractivity contribution in [2.75, 3.05) is 25.0 Å². The van der Waals surface area contributed by atoms with Gasteiger partial charge in [0, 0.05) is 31.4 Å². The Morgan fingerprint density at radius 1 is 1.32 bits per heavy atom. The minimum absolute atomic E-state index is 0.106. The summed E-state index contributed by atoms with van der Waals surface area (Å²) in [5.74, 6) is 0.757. The van der Waals surface area contributed by atoms with Crippen LogP contribution in [-0.4, -0.2) is 47.8 Å². The van der Waals surface area contributed by atoms with E-state index in [1.807, 2.05) is 6.92 Å². The number of sulfonamides is 1. The summed E-state index contributed by atoms with van der Waals surface area (Å²) in [6, 6.07) is 1.77. The van der Waals surface area contributed by atoms with Crippen molar-refractivity contribution in [2.24, 2.45) is 5.92 Å². The van der Waals surface area contributed by atoms with E-state index in [0.29, 0.717) is 29.5 Å². The van der Waals surface area contributed by atoms with Gasteiger partial charge in [0.2, 0.25) is 0 Å². The molecule has 22 heavy (non-hydrogen) atoms. The lowest BCUT2D eigenvalue weighted by atomic mass is 9.98. The molecule has 10 heteroatoms. The first-order valence-electron chi connectivity index (χ1n) is 6.79. The fraction of sp³-hybridized carbons (Fsp3) is 0.667.